The number of ether oxygens (including phenoxy) is 1. The van der Waals surface area contributed by atoms with Gasteiger partial charge in [-0.15, -0.1) is 0 Å². The zero-order valence-electron chi connectivity index (χ0n) is 15.4. The number of aryl methyl sites for hydroxylation is 1. The fourth-order valence-electron chi connectivity index (χ4n) is 2.69. The number of amides is 2. The highest BCUT2D eigenvalue weighted by molar-refractivity contribution is 6.08. The number of benzene rings is 1. The Bertz CT molecular complexity index is 948. The first-order valence-corrected chi connectivity index (χ1v) is 8.72. The van der Waals surface area contributed by atoms with Crippen molar-refractivity contribution in [3.05, 3.63) is 65.7 Å². The van der Waals surface area contributed by atoms with Gasteiger partial charge in [-0.25, -0.2) is 4.98 Å². The maximum Gasteiger partial charge on any atom is 0.287 e. The van der Waals surface area contributed by atoms with Crippen LogP contribution in [0, 0.1) is 6.92 Å². The third kappa shape index (κ3) is 4.32. The monoisotopic (exact) mass is 366 g/mol. The van der Waals surface area contributed by atoms with Crippen LogP contribution in [0.2, 0.25) is 0 Å². The molecule has 0 aliphatic rings. The molecule has 140 valence electrons. The zero-order chi connectivity index (χ0) is 19.2. The number of hydrogen-bond donors (Lipinski definition) is 2. The third-order valence-corrected chi connectivity index (χ3v) is 4.09. The van der Waals surface area contributed by atoms with Crippen molar-refractivity contribution in [1.29, 1.82) is 0 Å². The van der Waals surface area contributed by atoms with E-state index in [4.69, 9.17) is 4.74 Å². The maximum absolute atomic E-state index is 12.7. The minimum Gasteiger partial charge on any atom is -0.385 e. The number of imidazole rings is 1. The fourth-order valence-corrected chi connectivity index (χ4v) is 2.69. The lowest BCUT2D eigenvalue weighted by atomic mass is 10.2. The van der Waals surface area contributed by atoms with Crippen molar-refractivity contribution >= 4 is 23.0 Å². The number of hydrogen-bond acceptors (Lipinski definition) is 4. The van der Waals surface area contributed by atoms with Crippen molar-refractivity contribution in [2.75, 3.05) is 25.6 Å². The molecule has 0 unspecified atom stereocenters. The normalized spacial score (nSPS) is 10.7. The molecule has 0 atom stereocenters. The van der Waals surface area contributed by atoms with Gasteiger partial charge in [-0.3, -0.25) is 14.0 Å². The number of fused-ring (bicyclic) bond motifs is 1. The fraction of sp³-hybridized carbons (Fsp3) is 0.250. The van der Waals surface area contributed by atoms with Crippen molar-refractivity contribution < 1.29 is 14.3 Å². The van der Waals surface area contributed by atoms with Crippen LogP contribution in [0.25, 0.3) is 5.52 Å². The second kappa shape index (κ2) is 8.46. The zero-order valence-corrected chi connectivity index (χ0v) is 15.4. The summed E-state index contributed by atoms with van der Waals surface area (Å²) in [4.78, 5) is 29.5. The first-order chi connectivity index (χ1) is 13.1. The number of anilines is 1. The van der Waals surface area contributed by atoms with Crippen LogP contribution in [-0.2, 0) is 4.74 Å². The molecule has 2 N–H and O–H groups in total. The molecule has 0 aliphatic carbocycles. The van der Waals surface area contributed by atoms with E-state index in [9.17, 15) is 9.59 Å². The van der Waals surface area contributed by atoms with E-state index in [1.165, 1.54) is 0 Å². The summed E-state index contributed by atoms with van der Waals surface area (Å²) >= 11 is 0. The second-order valence-corrected chi connectivity index (χ2v) is 6.16. The van der Waals surface area contributed by atoms with Crippen LogP contribution < -0.4 is 10.6 Å². The predicted octanol–water partition coefficient (Wildman–Crippen LogP) is 2.66. The van der Waals surface area contributed by atoms with Crippen LogP contribution in [0.15, 0.2) is 48.7 Å². The second-order valence-electron chi connectivity index (χ2n) is 6.16. The van der Waals surface area contributed by atoms with Gasteiger partial charge in [0, 0.05) is 32.1 Å². The number of nitrogens with zero attached hydrogens (tertiary/aromatic N) is 2. The first-order valence-electron chi connectivity index (χ1n) is 8.72. The number of carbonyl (C=O) groups excluding carboxylic acids is 2. The third-order valence-electron chi connectivity index (χ3n) is 4.09. The quantitative estimate of drug-likeness (QED) is 0.630. The van der Waals surface area contributed by atoms with E-state index in [2.05, 4.69) is 15.6 Å². The summed E-state index contributed by atoms with van der Waals surface area (Å²) in [7, 11) is 1.61. The lowest BCUT2D eigenvalue weighted by molar-refractivity contribution is 0.0937. The summed E-state index contributed by atoms with van der Waals surface area (Å²) in [5, 5.41) is 5.63. The number of carbonyl (C=O) groups is 2. The number of nitrogens with one attached hydrogen (secondary N) is 2. The van der Waals surface area contributed by atoms with Crippen molar-refractivity contribution in [3.8, 4) is 0 Å². The molecule has 0 saturated heterocycles. The molecule has 3 rings (SSSR count). The highest BCUT2D eigenvalue weighted by Crippen LogP contribution is 2.16. The average molecular weight is 366 g/mol. The Kier molecular flexibility index (Phi) is 5.83. The Hall–Kier alpha value is -3.19. The average Bonchev–Trinajstić information content (AvgIpc) is 3.07. The largest absolute Gasteiger partial charge is 0.385 e. The number of aromatic nitrogens is 2. The van der Waals surface area contributed by atoms with Gasteiger partial charge in [0.2, 0.25) is 5.82 Å². The van der Waals surface area contributed by atoms with Crippen LogP contribution in [-0.4, -0.2) is 41.5 Å². The summed E-state index contributed by atoms with van der Waals surface area (Å²) in [6, 6.07) is 12.8. The van der Waals surface area contributed by atoms with E-state index in [-0.39, 0.29) is 23.3 Å². The van der Waals surface area contributed by atoms with Gasteiger partial charge in [0.25, 0.3) is 11.8 Å². The molecule has 0 saturated carbocycles. The van der Waals surface area contributed by atoms with Gasteiger partial charge in [-0.2, -0.15) is 0 Å². The number of pyridine rings is 1. The SMILES string of the molecule is COCCCNC(=O)c1nc(C(=O)Nc2ccc(C)cc2)c2ccccn12. The first kappa shape index (κ1) is 18.6. The van der Waals surface area contributed by atoms with E-state index in [0.29, 0.717) is 30.8 Å². The van der Waals surface area contributed by atoms with E-state index >= 15 is 0 Å². The van der Waals surface area contributed by atoms with Gasteiger partial charge < -0.3 is 15.4 Å². The van der Waals surface area contributed by atoms with E-state index < -0.39 is 0 Å². The molecule has 0 radical (unpaired) electrons. The van der Waals surface area contributed by atoms with Gasteiger partial charge in [-0.05, 0) is 37.6 Å². The Balaban J connectivity index is 1.84. The van der Waals surface area contributed by atoms with Crippen LogP contribution >= 0.6 is 0 Å². The van der Waals surface area contributed by atoms with Crippen molar-refractivity contribution in [3.63, 3.8) is 0 Å². The van der Waals surface area contributed by atoms with E-state index in [1.54, 1.807) is 35.9 Å². The van der Waals surface area contributed by atoms with Gasteiger partial charge in [0.05, 0.1) is 5.52 Å². The molecule has 0 spiro atoms. The molecule has 0 aliphatic heterocycles. The molecule has 7 nitrogen and oxygen atoms in total. The van der Waals surface area contributed by atoms with E-state index in [0.717, 1.165) is 5.56 Å². The predicted molar refractivity (Wildman–Crippen MR) is 103 cm³/mol. The molecule has 0 bridgehead atoms. The molecule has 3 aromatic rings. The molecular weight excluding hydrogens is 344 g/mol. The molecule has 2 aromatic heterocycles. The Morgan fingerprint density at radius 1 is 1.11 bits per heavy atom. The molecule has 2 amide bonds. The Labute approximate surface area is 157 Å². The summed E-state index contributed by atoms with van der Waals surface area (Å²) in [6.45, 7) is 3.01. The lowest BCUT2D eigenvalue weighted by Gasteiger charge is -2.04. The van der Waals surface area contributed by atoms with Crippen molar-refractivity contribution in [1.82, 2.24) is 14.7 Å². The lowest BCUT2D eigenvalue weighted by Crippen LogP contribution is -2.27. The molecule has 1 aromatic carbocycles. The van der Waals surface area contributed by atoms with Crippen molar-refractivity contribution in [2.24, 2.45) is 0 Å². The maximum atomic E-state index is 12.7. The standard InChI is InChI=1S/C20H22N4O3/c1-14-7-9-15(10-8-14)22-19(25)17-16-6-3-4-12-24(16)18(23-17)20(26)21-11-5-13-27-2/h3-4,6-10,12H,5,11,13H2,1-2H3,(H,21,26)(H,22,25). The Morgan fingerprint density at radius 3 is 2.63 bits per heavy atom. The topological polar surface area (TPSA) is 84.7 Å². The molecule has 27 heavy (non-hydrogen) atoms. The highest BCUT2D eigenvalue weighted by atomic mass is 16.5. The summed E-state index contributed by atoms with van der Waals surface area (Å²) in [5.41, 5.74) is 2.56. The highest BCUT2D eigenvalue weighted by Gasteiger charge is 2.21. The molecule has 0 fully saturated rings. The van der Waals surface area contributed by atoms with Crippen molar-refractivity contribution in [2.45, 2.75) is 13.3 Å². The summed E-state index contributed by atoms with van der Waals surface area (Å²) < 4.78 is 6.59. The van der Waals surface area contributed by atoms with Gasteiger partial charge in [0.15, 0.2) is 5.69 Å². The minimum atomic E-state index is -0.360. The smallest absolute Gasteiger partial charge is 0.287 e. The van der Waals surface area contributed by atoms with Gasteiger partial charge in [-0.1, -0.05) is 23.8 Å². The minimum absolute atomic E-state index is 0.178. The number of rotatable bonds is 7. The van der Waals surface area contributed by atoms with Crippen LogP contribution in [0.5, 0.6) is 0 Å². The molecule has 7 heteroatoms. The summed E-state index contributed by atoms with van der Waals surface area (Å²) in [5.74, 6) is -0.514. The molecule has 2 heterocycles. The molecular formula is C20H22N4O3. The van der Waals surface area contributed by atoms with Crippen LogP contribution in [0.1, 0.15) is 33.1 Å². The van der Waals surface area contributed by atoms with E-state index in [1.807, 2.05) is 31.2 Å². The van der Waals surface area contributed by atoms with Gasteiger partial charge in [0.1, 0.15) is 0 Å². The van der Waals surface area contributed by atoms with Crippen LogP contribution in [0.3, 0.4) is 0 Å². The Morgan fingerprint density at radius 2 is 1.89 bits per heavy atom. The number of methoxy groups -OCH3 is 1. The van der Waals surface area contributed by atoms with Gasteiger partial charge >= 0.3 is 0 Å². The van der Waals surface area contributed by atoms with Crippen LogP contribution in [0.4, 0.5) is 5.69 Å². The summed E-state index contributed by atoms with van der Waals surface area (Å²) in [6.07, 6.45) is 2.42.